The van der Waals surface area contributed by atoms with Gasteiger partial charge in [0.1, 0.15) is 5.82 Å². The van der Waals surface area contributed by atoms with Crippen LogP contribution in [0.25, 0.3) is 10.9 Å². The van der Waals surface area contributed by atoms with Crippen LogP contribution in [0.1, 0.15) is 46.6 Å². The molecule has 2 aromatic carbocycles. The topological polar surface area (TPSA) is 42.0 Å². The van der Waals surface area contributed by atoms with Crippen molar-refractivity contribution in [3.63, 3.8) is 0 Å². The molecule has 158 valence electrons. The first kappa shape index (κ1) is 21.7. The number of rotatable bonds is 5. The summed E-state index contributed by atoms with van der Waals surface area (Å²) in [4.78, 5) is 17.4. The third kappa shape index (κ3) is 4.78. The van der Waals surface area contributed by atoms with E-state index in [1.54, 1.807) is 19.1 Å². The van der Waals surface area contributed by atoms with Gasteiger partial charge in [-0.05, 0) is 54.7 Å². The summed E-state index contributed by atoms with van der Waals surface area (Å²) in [6.45, 7) is 5.73. The smallest absolute Gasteiger partial charge is 0.348 e. The molecule has 0 fully saturated rings. The number of alkyl halides is 3. The van der Waals surface area contributed by atoms with Crippen molar-refractivity contribution >= 4 is 16.8 Å². The van der Waals surface area contributed by atoms with Crippen LogP contribution in [0.15, 0.2) is 42.5 Å². The third-order valence-corrected chi connectivity index (χ3v) is 4.82. The average molecular weight is 418 g/mol. The molecule has 7 heteroatoms. The first-order valence-corrected chi connectivity index (χ1v) is 9.59. The van der Waals surface area contributed by atoms with E-state index < -0.39 is 17.6 Å². The highest BCUT2D eigenvalue weighted by atomic mass is 19.4. The summed E-state index contributed by atoms with van der Waals surface area (Å²) < 4.78 is 52.7. The molecule has 1 N–H and O–H groups in total. The van der Waals surface area contributed by atoms with Gasteiger partial charge in [-0.1, -0.05) is 32.0 Å². The van der Waals surface area contributed by atoms with Crippen LogP contribution in [0.5, 0.6) is 0 Å². The highest BCUT2D eigenvalue weighted by Gasteiger charge is 2.31. The molecule has 0 bridgehead atoms. The van der Waals surface area contributed by atoms with Gasteiger partial charge in [0, 0.05) is 11.9 Å². The van der Waals surface area contributed by atoms with Gasteiger partial charge in [-0.25, -0.2) is 4.39 Å². The molecule has 0 unspecified atom stereocenters. The van der Waals surface area contributed by atoms with Crippen LogP contribution in [0.3, 0.4) is 0 Å². The largest absolute Gasteiger partial charge is 0.416 e. The second-order valence-electron chi connectivity index (χ2n) is 7.70. The summed E-state index contributed by atoms with van der Waals surface area (Å²) in [7, 11) is 0. The predicted octanol–water partition coefficient (Wildman–Crippen LogP) is 5.83. The Morgan fingerprint density at radius 3 is 2.50 bits per heavy atom. The predicted molar refractivity (Wildman–Crippen MR) is 108 cm³/mol. The highest BCUT2D eigenvalue weighted by molar-refractivity contribution is 6.01. The number of carbonyl (C=O) groups excluding carboxylic acids is 1. The number of nitrogens with one attached hydrogen (secondary N) is 1. The zero-order valence-electron chi connectivity index (χ0n) is 16.9. The molecular weight excluding hydrogens is 396 g/mol. The van der Waals surface area contributed by atoms with Crippen LogP contribution in [-0.2, 0) is 19.1 Å². The minimum absolute atomic E-state index is 0.127. The molecule has 1 heterocycles. The number of pyridine rings is 1. The van der Waals surface area contributed by atoms with E-state index in [1.165, 1.54) is 18.2 Å². The molecule has 0 aliphatic rings. The Hall–Kier alpha value is -2.96. The maximum absolute atomic E-state index is 13.4. The van der Waals surface area contributed by atoms with Crippen molar-refractivity contribution in [3.8, 4) is 0 Å². The zero-order valence-corrected chi connectivity index (χ0v) is 16.9. The first-order valence-electron chi connectivity index (χ1n) is 9.59. The lowest BCUT2D eigenvalue weighted by Gasteiger charge is -2.17. The fraction of sp³-hybridized carbons (Fsp3) is 0.304. The molecule has 0 spiro atoms. The Labute approximate surface area is 172 Å². The number of nitrogens with zero attached hydrogens (tertiary/aromatic N) is 1. The number of aryl methyl sites for hydroxylation is 1. The molecule has 1 aromatic heterocycles. The maximum atomic E-state index is 13.4. The van der Waals surface area contributed by atoms with E-state index in [0.29, 0.717) is 34.2 Å². The number of fused-ring (bicyclic) bond motifs is 1. The van der Waals surface area contributed by atoms with Crippen molar-refractivity contribution in [3.05, 3.63) is 76.2 Å². The van der Waals surface area contributed by atoms with Crippen molar-refractivity contribution in [2.45, 2.75) is 39.9 Å². The fourth-order valence-electron chi connectivity index (χ4n) is 3.42. The summed E-state index contributed by atoms with van der Waals surface area (Å²) in [5.41, 5.74) is 1.41. The lowest BCUT2D eigenvalue weighted by atomic mass is 9.95. The van der Waals surface area contributed by atoms with Gasteiger partial charge in [0.15, 0.2) is 0 Å². The minimum atomic E-state index is -4.47. The van der Waals surface area contributed by atoms with Crippen LogP contribution in [0, 0.1) is 18.7 Å². The van der Waals surface area contributed by atoms with Gasteiger partial charge >= 0.3 is 6.18 Å². The third-order valence-electron chi connectivity index (χ3n) is 4.82. The quantitative estimate of drug-likeness (QED) is 0.530. The summed E-state index contributed by atoms with van der Waals surface area (Å²) >= 11 is 0. The zero-order chi connectivity index (χ0) is 22.1. The molecule has 0 saturated heterocycles. The highest BCUT2D eigenvalue weighted by Crippen LogP contribution is 2.33. The van der Waals surface area contributed by atoms with Crippen molar-refractivity contribution < 1.29 is 22.4 Å². The number of amides is 1. The van der Waals surface area contributed by atoms with Gasteiger partial charge in [-0.15, -0.1) is 0 Å². The molecule has 0 aliphatic carbocycles. The van der Waals surface area contributed by atoms with Crippen molar-refractivity contribution in [1.29, 1.82) is 0 Å². The number of hydrogen-bond acceptors (Lipinski definition) is 2. The van der Waals surface area contributed by atoms with Gasteiger partial charge in [0.05, 0.1) is 22.3 Å². The Bertz CT molecular complexity index is 1090. The normalized spacial score (nSPS) is 11.9. The molecule has 3 nitrogen and oxygen atoms in total. The minimum Gasteiger partial charge on any atom is -0.348 e. The summed E-state index contributed by atoms with van der Waals surface area (Å²) in [5.74, 6) is -0.636. The van der Waals surface area contributed by atoms with Gasteiger partial charge in [0.25, 0.3) is 5.91 Å². The Kier molecular flexibility index (Phi) is 6.10. The number of halogens is 4. The number of carbonyl (C=O) groups is 1. The molecular formula is C23H22F4N2O. The number of benzene rings is 2. The van der Waals surface area contributed by atoms with Crippen molar-refractivity contribution in [2.24, 2.45) is 5.92 Å². The van der Waals surface area contributed by atoms with E-state index in [2.05, 4.69) is 10.3 Å². The van der Waals surface area contributed by atoms with E-state index in [1.807, 2.05) is 13.8 Å². The second kappa shape index (κ2) is 8.42. The molecule has 0 saturated carbocycles. The van der Waals surface area contributed by atoms with Gasteiger partial charge < -0.3 is 5.32 Å². The average Bonchev–Trinajstić information content (AvgIpc) is 2.65. The van der Waals surface area contributed by atoms with E-state index >= 15 is 0 Å². The van der Waals surface area contributed by atoms with E-state index in [-0.39, 0.29) is 23.9 Å². The Morgan fingerprint density at radius 1 is 1.13 bits per heavy atom. The van der Waals surface area contributed by atoms with Crippen LogP contribution in [-0.4, -0.2) is 10.9 Å². The Balaban J connectivity index is 2.02. The van der Waals surface area contributed by atoms with Crippen molar-refractivity contribution in [1.82, 2.24) is 10.3 Å². The number of aromatic nitrogens is 1. The standard InChI is InChI=1S/C23H22F4N2O/c1-13(2)9-20-21(22(30)28-12-15-5-4-6-17(24)10-15)14(3)18-8-7-16(23(25,26)27)11-19(18)29-20/h4-8,10-11,13H,9,12H2,1-3H3,(H,28,30). The summed E-state index contributed by atoms with van der Waals surface area (Å²) in [5, 5.41) is 3.26. The molecule has 0 aliphatic heterocycles. The van der Waals surface area contributed by atoms with Crippen LogP contribution in [0.4, 0.5) is 17.6 Å². The van der Waals surface area contributed by atoms with Crippen LogP contribution >= 0.6 is 0 Å². The SMILES string of the molecule is Cc1c(C(=O)NCc2cccc(F)c2)c(CC(C)C)nc2cc(C(F)(F)F)ccc12. The van der Waals surface area contributed by atoms with E-state index in [0.717, 1.165) is 12.1 Å². The first-order chi connectivity index (χ1) is 14.1. The van der Waals surface area contributed by atoms with Crippen molar-refractivity contribution in [2.75, 3.05) is 0 Å². The van der Waals surface area contributed by atoms with Gasteiger partial charge in [-0.2, -0.15) is 13.2 Å². The van der Waals surface area contributed by atoms with E-state index in [9.17, 15) is 22.4 Å². The maximum Gasteiger partial charge on any atom is 0.416 e. The fourth-order valence-corrected chi connectivity index (χ4v) is 3.42. The summed E-state index contributed by atoms with van der Waals surface area (Å²) in [6, 6.07) is 9.26. The number of hydrogen-bond donors (Lipinski definition) is 1. The summed E-state index contributed by atoms with van der Waals surface area (Å²) in [6.07, 6.45) is -4.03. The monoisotopic (exact) mass is 418 g/mol. The van der Waals surface area contributed by atoms with Crippen LogP contribution < -0.4 is 5.32 Å². The molecule has 1 amide bonds. The lowest BCUT2D eigenvalue weighted by Crippen LogP contribution is -2.26. The second-order valence-corrected chi connectivity index (χ2v) is 7.70. The van der Waals surface area contributed by atoms with E-state index in [4.69, 9.17) is 0 Å². The van der Waals surface area contributed by atoms with Crippen LogP contribution in [0.2, 0.25) is 0 Å². The molecule has 3 rings (SSSR count). The molecule has 30 heavy (non-hydrogen) atoms. The molecule has 0 atom stereocenters. The van der Waals surface area contributed by atoms with Gasteiger partial charge in [-0.3, -0.25) is 9.78 Å². The Morgan fingerprint density at radius 2 is 1.87 bits per heavy atom. The lowest BCUT2D eigenvalue weighted by molar-refractivity contribution is -0.137. The van der Waals surface area contributed by atoms with Gasteiger partial charge in [0.2, 0.25) is 0 Å². The molecule has 3 aromatic rings. The molecule has 0 radical (unpaired) electrons.